The molecule has 0 amide bonds. The number of nitriles is 1. The van der Waals surface area contributed by atoms with Crippen molar-refractivity contribution in [1.82, 2.24) is 4.98 Å². The van der Waals surface area contributed by atoms with Gasteiger partial charge in [-0.05, 0) is 0 Å². The van der Waals surface area contributed by atoms with E-state index in [1.807, 2.05) is 0 Å². The topological polar surface area (TPSA) is 36.7 Å². The molecule has 64 valence electrons. The van der Waals surface area contributed by atoms with Gasteiger partial charge in [0, 0.05) is 5.69 Å². The third-order valence-electron chi connectivity index (χ3n) is 1.13. The Morgan fingerprint density at radius 1 is 1.54 bits per heavy atom. The van der Waals surface area contributed by atoms with E-state index >= 15 is 0 Å². The minimum Gasteiger partial charge on any atom is -1.00 e. The van der Waals surface area contributed by atoms with Crippen molar-refractivity contribution in [1.29, 1.82) is 5.26 Å². The second kappa shape index (κ2) is 7.01. The molecule has 0 aliphatic carbocycles. The molecule has 0 unspecified atom stereocenters. The van der Waals surface area contributed by atoms with Crippen LogP contribution in [0.3, 0.4) is 0 Å². The molecule has 1 heterocycles. The first-order valence-corrected chi connectivity index (χ1v) is 2.81. The molecule has 6 heteroatoms. The molecule has 0 N–H and O–H groups in total. The van der Waals surface area contributed by atoms with Gasteiger partial charge in [0.1, 0.15) is 0 Å². The Labute approximate surface area is 96.5 Å². The van der Waals surface area contributed by atoms with Crippen LogP contribution in [0.15, 0.2) is 12.1 Å². The third-order valence-corrected chi connectivity index (χ3v) is 1.13. The zero-order valence-corrected chi connectivity index (χ0v) is 8.64. The van der Waals surface area contributed by atoms with Gasteiger partial charge in [0.15, 0.2) is 0 Å². The molecule has 1 aromatic heterocycles. The van der Waals surface area contributed by atoms with Gasteiger partial charge in [0.2, 0.25) is 6.43 Å². The summed E-state index contributed by atoms with van der Waals surface area (Å²) in [5, 5.41) is 8.30. The van der Waals surface area contributed by atoms with Gasteiger partial charge in [-0.2, -0.15) is 12.1 Å². The van der Waals surface area contributed by atoms with Crippen LogP contribution in [0.4, 0.5) is 8.78 Å². The molecule has 0 fully saturated rings. The average Bonchev–Trinajstić information content (AvgIpc) is 2.04. The number of nitrogens with zero attached hydrogens (tertiary/aromatic N) is 2. The molecule has 0 aromatic carbocycles. The zero-order chi connectivity index (χ0) is 8.27. The zero-order valence-electron chi connectivity index (χ0n) is 6.47. The molecule has 2 nitrogen and oxygen atoms in total. The number of pyridine rings is 1. The first-order chi connectivity index (χ1) is 5.25. The van der Waals surface area contributed by atoms with E-state index in [9.17, 15) is 8.78 Å². The van der Waals surface area contributed by atoms with Crippen molar-refractivity contribution < 1.29 is 21.2 Å². The number of rotatable bonds is 1. The molecule has 0 saturated heterocycles. The van der Waals surface area contributed by atoms with Gasteiger partial charge in [0.25, 0.3) is 0 Å². The average molecular weight is 213 g/mol. The quantitative estimate of drug-likeness (QED) is 0.412. The third kappa shape index (κ3) is 3.85. The van der Waals surface area contributed by atoms with Gasteiger partial charge in [0.05, 0.1) is 6.07 Å². The van der Waals surface area contributed by atoms with Gasteiger partial charge in [-0.15, -0.1) is 0 Å². The molecule has 0 spiro atoms. The summed E-state index contributed by atoms with van der Waals surface area (Å²) in [6.45, 7) is 0. The van der Waals surface area contributed by atoms with Crippen molar-refractivity contribution >= 4 is 23.1 Å². The SMILES string of the molecule is N#Cc1n[c-]ccc1C(F)F.[Cl-].[Mg+2]. The summed E-state index contributed by atoms with van der Waals surface area (Å²) in [4.78, 5) is 3.35. The summed E-state index contributed by atoms with van der Waals surface area (Å²) in [6.07, 6.45) is -0.345. The predicted molar refractivity (Wildman–Crippen MR) is 38.5 cm³/mol. The molecule has 0 aliphatic rings. The summed E-state index contributed by atoms with van der Waals surface area (Å²) in [7, 11) is 0. The fourth-order valence-corrected chi connectivity index (χ4v) is 0.638. The molecule has 0 aliphatic heterocycles. The van der Waals surface area contributed by atoms with Crippen LogP contribution in [0.1, 0.15) is 17.7 Å². The molecule has 0 atom stereocenters. The van der Waals surface area contributed by atoms with Crippen LogP contribution in [0.25, 0.3) is 0 Å². The molecule has 0 saturated carbocycles. The molecule has 1 rings (SSSR count). The van der Waals surface area contributed by atoms with E-state index < -0.39 is 6.43 Å². The largest absolute Gasteiger partial charge is 2.00 e. The van der Waals surface area contributed by atoms with Crippen LogP contribution in [0.5, 0.6) is 0 Å². The Hall–Kier alpha value is -0.444. The Morgan fingerprint density at radius 2 is 2.15 bits per heavy atom. The van der Waals surface area contributed by atoms with E-state index in [2.05, 4.69) is 11.2 Å². The summed E-state index contributed by atoms with van der Waals surface area (Å²) < 4.78 is 24.0. The maximum absolute atomic E-state index is 12.0. The fraction of sp³-hybridized carbons (Fsp3) is 0.143. The molecular weight excluding hydrogens is 210 g/mol. The molecule has 0 bridgehead atoms. The van der Waals surface area contributed by atoms with Crippen LogP contribution < -0.4 is 12.4 Å². The smallest absolute Gasteiger partial charge is 1.00 e. The Bertz CT molecular complexity index is 301. The Morgan fingerprint density at radius 3 is 2.54 bits per heavy atom. The number of alkyl halides is 2. The van der Waals surface area contributed by atoms with Crippen molar-refractivity contribution in [2.75, 3.05) is 0 Å². The van der Waals surface area contributed by atoms with E-state index in [0.29, 0.717) is 0 Å². The summed E-state index contributed by atoms with van der Waals surface area (Å²) in [5.74, 6) is 0. The molecular formula is C7H3ClF2MgN2. The van der Waals surface area contributed by atoms with Gasteiger partial charge in [-0.1, -0.05) is 11.8 Å². The standard InChI is InChI=1S/C7H3F2N2.ClH.Mg/c8-7(9)5-2-1-3-11-6(5)4-10;;/h1-2,7H;1H;/q-1;;+2/p-1. The second-order valence-electron chi connectivity index (χ2n) is 1.79. The van der Waals surface area contributed by atoms with E-state index in [4.69, 9.17) is 5.26 Å². The van der Waals surface area contributed by atoms with Crippen molar-refractivity contribution in [2.24, 2.45) is 0 Å². The monoisotopic (exact) mass is 212 g/mol. The number of hydrogen-bond donors (Lipinski definition) is 0. The fourth-order valence-electron chi connectivity index (χ4n) is 0.638. The van der Waals surface area contributed by atoms with Crippen LogP contribution >= 0.6 is 0 Å². The maximum Gasteiger partial charge on any atom is 2.00 e. The van der Waals surface area contributed by atoms with E-state index in [-0.39, 0.29) is 46.7 Å². The number of halogens is 3. The molecule has 0 radical (unpaired) electrons. The maximum atomic E-state index is 12.0. The summed E-state index contributed by atoms with van der Waals surface area (Å²) >= 11 is 0. The summed E-state index contributed by atoms with van der Waals surface area (Å²) in [5.41, 5.74) is -0.603. The summed E-state index contributed by atoms with van der Waals surface area (Å²) in [6, 6.07) is 3.94. The van der Waals surface area contributed by atoms with Gasteiger partial charge < -0.3 is 17.4 Å². The molecule has 1 aromatic rings. The van der Waals surface area contributed by atoms with E-state index in [1.54, 1.807) is 6.07 Å². The van der Waals surface area contributed by atoms with Crippen LogP contribution in [-0.2, 0) is 0 Å². The first kappa shape index (κ1) is 15.0. The van der Waals surface area contributed by atoms with Gasteiger partial charge >= 0.3 is 23.1 Å². The Balaban J connectivity index is 0. The van der Waals surface area contributed by atoms with Crippen LogP contribution in [0, 0.1) is 17.5 Å². The van der Waals surface area contributed by atoms with Gasteiger partial charge in [-0.25, -0.2) is 14.0 Å². The number of aromatic nitrogens is 1. The first-order valence-electron chi connectivity index (χ1n) is 2.81. The minimum absolute atomic E-state index is 0. The second-order valence-corrected chi connectivity index (χ2v) is 1.79. The van der Waals surface area contributed by atoms with Crippen molar-refractivity contribution in [3.8, 4) is 6.07 Å². The Kier molecular flexibility index (Phi) is 8.11. The van der Waals surface area contributed by atoms with Crippen LogP contribution in [0.2, 0.25) is 0 Å². The number of hydrogen-bond acceptors (Lipinski definition) is 2. The van der Waals surface area contributed by atoms with Gasteiger partial charge in [-0.3, -0.25) is 0 Å². The van der Waals surface area contributed by atoms with Crippen molar-refractivity contribution in [3.63, 3.8) is 0 Å². The normalized spacial score (nSPS) is 8.15. The van der Waals surface area contributed by atoms with E-state index in [0.717, 1.165) is 6.07 Å². The van der Waals surface area contributed by atoms with Crippen molar-refractivity contribution in [3.05, 3.63) is 29.6 Å². The predicted octanol–water partition coefficient (Wildman–Crippen LogP) is -1.69. The van der Waals surface area contributed by atoms with E-state index in [1.165, 1.54) is 6.07 Å². The minimum atomic E-state index is -2.65. The molecule has 13 heavy (non-hydrogen) atoms. The van der Waals surface area contributed by atoms with Crippen molar-refractivity contribution in [2.45, 2.75) is 6.43 Å². The van der Waals surface area contributed by atoms with Crippen LogP contribution in [-0.4, -0.2) is 28.0 Å².